The first-order chi connectivity index (χ1) is 11.4. The Labute approximate surface area is 136 Å². The average Bonchev–Trinajstić information content (AvgIpc) is 2.55. The SMILES string of the molecule is COC(=O)c1cc(Oc2ccc([N+](=O)[O-])cn2)ccc1NC(C)=O. The summed E-state index contributed by atoms with van der Waals surface area (Å²) in [6.07, 6.45) is 1.06. The highest BCUT2D eigenvalue weighted by molar-refractivity contribution is 6.01. The zero-order valence-corrected chi connectivity index (χ0v) is 12.8. The molecule has 1 aromatic heterocycles. The van der Waals surface area contributed by atoms with Gasteiger partial charge in [0.05, 0.1) is 23.3 Å². The van der Waals surface area contributed by atoms with Crippen molar-refractivity contribution < 1.29 is 24.0 Å². The van der Waals surface area contributed by atoms with Crippen molar-refractivity contribution >= 4 is 23.3 Å². The largest absolute Gasteiger partial charge is 0.465 e. The summed E-state index contributed by atoms with van der Waals surface area (Å²) in [4.78, 5) is 36.8. The van der Waals surface area contributed by atoms with Gasteiger partial charge in [-0.3, -0.25) is 14.9 Å². The number of aromatic nitrogens is 1. The van der Waals surface area contributed by atoms with E-state index >= 15 is 0 Å². The molecule has 1 N–H and O–H groups in total. The lowest BCUT2D eigenvalue weighted by Crippen LogP contribution is -2.12. The van der Waals surface area contributed by atoms with Gasteiger partial charge in [-0.1, -0.05) is 0 Å². The van der Waals surface area contributed by atoms with Crippen molar-refractivity contribution in [3.8, 4) is 11.6 Å². The monoisotopic (exact) mass is 331 g/mol. The van der Waals surface area contributed by atoms with Crippen LogP contribution in [-0.2, 0) is 9.53 Å². The number of benzene rings is 1. The number of anilines is 1. The van der Waals surface area contributed by atoms with E-state index in [2.05, 4.69) is 15.0 Å². The molecule has 0 aliphatic carbocycles. The molecule has 0 aliphatic heterocycles. The number of nitrogens with one attached hydrogen (secondary N) is 1. The lowest BCUT2D eigenvalue weighted by molar-refractivity contribution is -0.385. The number of amides is 1. The van der Waals surface area contributed by atoms with E-state index in [1.807, 2.05) is 0 Å². The van der Waals surface area contributed by atoms with Crippen LogP contribution in [0.2, 0.25) is 0 Å². The van der Waals surface area contributed by atoms with Crippen LogP contribution in [0, 0.1) is 10.1 Å². The smallest absolute Gasteiger partial charge is 0.340 e. The van der Waals surface area contributed by atoms with Crippen molar-refractivity contribution in [2.24, 2.45) is 0 Å². The Balaban J connectivity index is 2.28. The predicted octanol–water partition coefficient (Wildman–Crippen LogP) is 2.53. The summed E-state index contributed by atoms with van der Waals surface area (Å²) in [5, 5.41) is 13.1. The minimum atomic E-state index is -0.652. The molecule has 0 aliphatic rings. The van der Waals surface area contributed by atoms with Crippen LogP contribution in [0.3, 0.4) is 0 Å². The molecule has 0 radical (unpaired) electrons. The molecule has 2 rings (SSSR count). The lowest BCUT2D eigenvalue weighted by Gasteiger charge is -2.11. The van der Waals surface area contributed by atoms with Gasteiger partial charge in [-0.05, 0) is 18.2 Å². The van der Waals surface area contributed by atoms with Gasteiger partial charge in [0.1, 0.15) is 11.9 Å². The fourth-order valence-electron chi connectivity index (χ4n) is 1.83. The third kappa shape index (κ3) is 4.03. The van der Waals surface area contributed by atoms with Gasteiger partial charge in [0, 0.05) is 19.1 Å². The van der Waals surface area contributed by atoms with Gasteiger partial charge >= 0.3 is 5.97 Å². The van der Waals surface area contributed by atoms with Crippen molar-refractivity contribution in [2.75, 3.05) is 12.4 Å². The summed E-state index contributed by atoms with van der Waals surface area (Å²) < 4.78 is 10.1. The zero-order chi connectivity index (χ0) is 17.7. The van der Waals surface area contributed by atoms with E-state index in [9.17, 15) is 19.7 Å². The first-order valence-corrected chi connectivity index (χ1v) is 6.69. The topological polar surface area (TPSA) is 121 Å². The molecule has 0 saturated carbocycles. The quantitative estimate of drug-likeness (QED) is 0.507. The molecule has 0 fully saturated rings. The minimum absolute atomic E-state index is 0.104. The molecule has 9 nitrogen and oxygen atoms in total. The van der Waals surface area contributed by atoms with E-state index in [1.54, 1.807) is 0 Å². The maximum atomic E-state index is 11.8. The Hall–Kier alpha value is -3.49. The zero-order valence-electron chi connectivity index (χ0n) is 12.8. The van der Waals surface area contributed by atoms with E-state index in [0.29, 0.717) is 0 Å². The van der Waals surface area contributed by atoms with Crippen molar-refractivity contribution in [2.45, 2.75) is 6.92 Å². The number of esters is 1. The summed E-state index contributed by atoms with van der Waals surface area (Å²) in [6, 6.07) is 6.95. The van der Waals surface area contributed by atoms with Gasteiger partial charge in [0.25, 0.3) is 5.69 Å². The number of ether oxygens (including phenoxy) is 2. The molecule has 1 heterocycles. The number of rotatable bonds is 5. The second-order valence-electron chi connectivity index (χ2n) is 4.59. The molecule has 0 saturated heterocycles. The maximum Gasteiger partial charge on any atom is 0.340 e. The van der Waals surface area contributed by atoms with E-state index in [4.69, 9.17) is 4.74 Å². The average molecular weight is 331 g/mol. The molecular weight excluding hydrogens is 318 g/mol. The van der Waals surface area contributed by atoms with Crippen molar-refractivity contribution in [3.05, 3.63) is 52.2 Å². The van der Waals surface area contributed by atoms with Gasteiger partial charge < -0.3 is 14.8 Å². The number of hydrogen-bond acceptors (Lipinski definition) is 7. The van der Waals surface area contributed by atoms with E-state index in [0.717, 1.165) is 6.20 Å². The summed E-state index contributed by atoms with van der Waals surface area (Å²) >= 11 is 0. The Kier molecular flexibility index (Phi) is 5.05. The van der Waals surface area contributed by atoms with Gasteiger partial charge in [-0.2, -0.15) is 0 Å². The van der Waals surface area contributed by atoms with Crippen LogP contribution >= 0.6 is 0 Å². The predicted molar refractivity (Wildman–Crippen MR) is 83.1 cm³/mol. The number of methoxy groups -OCH3 is 1. The third-order valence-corrected chi connectivity index (χ3v) is 2.86. The first kappa shape index (κ1) is 16.9. The number of carbonyl (C=O) groups is 2. The maximum absolute atomic E-state index is 11.8. The Morgan fingerprint density at radius 2 is 2.00 bits per heavy atom. The van der Waals surface area contributed by atoms with Crippen molar-refractivity contribution in [1.82, 2.24) is 4.98 Å². The Bertz CT molecular complexity index is 788. The van der Waals surface area contributed by atoms with Crippen LogP contribution in [0.4, 0.5) is 11.4 Å². The Morgan fingerprint density at radius 3 is 2.54 bits per heavy atom. The van der Waals surface area contributed by atoms with Crippen LogP contribution in [-0.4, -0.2) is 28.9 Å². The lowest BCUT2D eigenvalue weighted by atomic mass is 10.1. The normalized spacial score (nSPS) is 9.92. The van der Waals surface area contributed by atoms with Gasteiger partial charge in [-0.25, -0.2) is 9.78 Å². The molecule has 0 bridgehead atoms. The fraction of sp³-hybridized carbons (Fsp3) is 0.133. The molecule has 2 aromatic rings. The number of nitrogens with zero attached hydrogens (tertiary/aromatic N) is 2. The summed E-state index contributed by atoms with van der Waals surface area (Å²) in [7, 11) is 1.21. The number of nitro groups is 1. The van der Waals surface area contributed by atoms with Gasteiger partial charge in [0.2, 0.25) is 11.8 Å². The highest BCUT2D eigenvalue weighted by Gasteiger charge is 2.15. The fourth-order valence-corrected chi connectivity index (χ4v) is 1.83. The molecule has 0 unspecified atom stereocenters. The van der Waals surface area contributed by atoms with Crippen molar-refractivity contribution in [1.29, 1.82) is 0 Å². The highest BCUT2D eigenvalue weighted by Crippen LogP contribution is 2.27. The molecule has 0 atom stereocenters. The minimum Gasteiger partial charge on any atom is -0.465 e. The second kappa shape index (κ2) is 7.18. The molecule has 9 heteroatoms. The number of pyridine rings is 1. The molecular formula is C15H13N3O6. The number of carbonyl (C=O) groups excluding carboxylic acids is 2. The molecule has 1 amide bonds. The van der Waals surface area contributed by atoms with Crippen LogP contribution < -0.4 is 10.1 Å². The molecule has 1 aromatic carbocycles. The van der Waals surface area contributed by atoms with Gasteiger partial charge in [0.15, 0.2) is 0 Å². The van der Waals surface area contributed by atoms with E-state index < -0.39 is 10.9 Å². The molecule has 124 valence electrons. The van der Waals surface area contributed by atoms with Crippen LogP contribution in [0.25, 0.3) is 0 Å². The van der Waals surface area contributed by atoms with E-state index in [1.165, 1.54) is 44.4 Å². The van der Waals surface area contributed by atoms with Crippen LogP contribution in [0.15, 0.2) is 36.5 Å². The van der Waals surface area contributed by atoms with Crippen LogP contribution in [0.1, 0.15) is 17.3 Å². The van der Waals surface area contributed by atoms with Crippen LogP contribution in [0.5, 0.6) is 11.6 Å². The Morgan fingerprint density at radius 1 is 1.25 bits per heavy atom. The van der Waals surface area contributed by atoms with Crippen molar-refractivity contribution in [3.63, 3.8) is 0 Å². The summed E-state index contributed by atoms with van der Waals surface area (Å²) in [6.45, 7) is 1.31. The third-order valence-electron chi connectivity index (χ3n) is 2.86. The first-order valence-electron chi connectivity index (χ1n) is 6.69. The summed E-state index contributed by atoms with van der Waals surface area (Å²) in [5.74, 6) is -0.624. The number of hydrogen-bond donors (Lipinski definition) is 1. The second-order valence-corrected chi connectivity index (χ2v) is 4.59. The highest BCUT2D eigenvalue weighted by atomic mass is 16.6. The van der Waals surface area contributed by atoms with E-state index in [-0.39, 0.29) is 34.5 Å². The van der Waals surface area contributed by atoms with Gasteiger partial charge in [-0.15, -0.1) is 0 Å². The summed E-state index contributed by atoms with van der Waals surface area (Å²) in [5.41, 5.74) is 0.212. The molecule has 0 spiro atoms. The standard InChI is InChI=1S/C15H13N3O6/c1-9(19)17-13-5-4-11(7-12(13)15(20)23-2)24-14-6-3-10(8-16-14)18(21)22/h3-8H,1-2H3,(H,17,19). The molecule has 24 heavy (non-hydrogen) atoms.